The minimum absolute atomic E-state index is 0.0886. The summed E-state index contributed by atoms with van der Waals surface area (Å²) in [5, 5.41) is 5.35. The number of anilines is 1. The Morgan fingerprint density at radius 3 is 2.80 bits per heavy atom. The molecule has 0 aliphatic heterocycles. The molecule has 0 radical (unpaired) electrons. The Morgan fingerprint density at radius 2 is 2.27 bits per heavy atom. The lowest BCUT2D eigenvalue weighted by atomic mass is 9.98. The number of hydrogen-bond donors (Lipinski definition) is 2. The molecule has 0 spiro atoms. The van der Waals surface area contributed by atoms with Crippen LogP contribution in [0, 0.1) is 6.92 Å². The van der Waals surface area contributed by atoms with Crippen LogP contribution in [0.4, 0.5) is 5.13 Å². The van der Waals surface area contributed by atoms with Gasteiger partial charge in [0.15, 0.2) is 5.13 Å². The smallest absolute Gasteiger partial charge is 0.246 e. The molecule has 1 aromatic rings. The van der Waals surface area contributed by atoms with E-state index in [9.17, 15) is 4.79 Å². The first-order valence-corrected chi connectivity index (χ1v) is 6.01. The summed E-state index contributed by atoms with van der Waals surface area (Å²) < 4.78 is 0. The zero-order valence-electron chi connectivity index (χ0n) is 8.75. The molecule has 4 nitrogen and oxygen atoms in total. The van der Waals surface area contributed by atoms with Gasteiger partial charge in [0.1, 0.15) is 0 Å². The molecule has 2 rings (SSSR count). The van der Waals surface area contributed by atoms with E-state index in [4.69, 9.17) is 5.73 Å². The Morgan fingerprint density at radius 1 is 1.60 bits per heavy atom. The van der Waals surface area contributed by atoms with Crippen molar-refractivity contribution in [1.82, 2.24) is 4.98 Å². The fraction of sp³-hybridized carbons (Fsp3) is 0.600. The van der Waals surface area contributed by atoms with Gasteiger partial charge in [-0.05, 0) is 19.8 Å². The van der Waals surface area contributed by atoms with E-state index < -0.39 is 5.54 Å². The van der Waals surface area contributed by atoms with Crippen molar-refractivity contribution >= 4 is 22.4 Å². The van der Waals surface area contributed by atoms with Crippen molar-refractivity contribution in [2.75, 3.05) is 5.32 Å². The Bertz CT molecular complexity index is 368. The molecule has 0 atom stereocenters. The Balaban J connectivity index is 2.03. The van der Waals surface area contributed by atoms with Gasteiger partial charge < -0.3 is 11.1 Å². The van der Waals surface area contributed by atoms with Crippen LogP contribution in [0.3, 0.4) is 0 Å². The standard InChI is InChI=1S/C10H15N3OS/c1-7-6-15-9(12-7)13-8(14)10(11)4-2-3-5-10/h6H,2-5,11H2,1H3,(H,12,13,14). The predicted molar refractivity (Wildman–Crippen MR) is 60.9 cm³/mol. The van der Waals surface area contributed by atoms with Crippen molar-refractivity contribution in [3.8, 4) is 0 Å². The first-order valence-electron chi connectivity index (χ1n) is 5.13. The van der Waals surface area contributed by atoms with E-state index in [-0.39, 0.29) is 5.91 Å². The highest BCUT2D eigenvalue weighted by Gasteiger charge is 2.37. The number of nitrogens with zero attached hydrogens (tertiary/aromatic N) is 1. The number of rotatable bonds is 2. The molecule has 1 saturated carbocycles. The van der Waals surface area contributed by atoms with Crippen LogP contribution in [-0.4, -0.2) is 16.4 Å². The summed E-state index contributed by atoms with van der Waals surface area (Å²) in [4.78, 5) is 16.1. The summed E-state index contributed by atoms with van der Waals surface area (Å²) in [6.07, 6.45) is 3.65. The van der Waals surface area contributed by atoms with Crippen molar-refractivity contribution in [3.63, 3.8) is 0 Å². The van der Waals surface area contributed by atoms with Crippen LogP contribution in [0.15, 0.2) is 5.38 Å². The second-order valence-electron chi connectivity index (χ2n) is 4.11. The van der Waals surface area contributed by atoms with Gasteiger partial charge in [-0.15, -0.1) is 11.3 Å². The minimum Gasteiger partial charge on any atom is -0.317 e. The number of aromatic nitrogens is 1. The van der Waals surface area contributed by atoms with E-state index in [1.807, 2.05) is 12.3 Å². The van der Waals surface area contributed by atoms with E-state index in [2.05, 4.69) is 10.3 Å². The third-order valence-corrected chi connectivity index (χ3v) is 3.66. The van der Waals surface area contributed by atoms with Crippen LogP contribution in [0.1, 0.15) is 31.4 Å². The molecule has 0 saturated heterocycles. The second-order valence-corrected chi connectivity index (χ2v) is 4.97. The van der Waals surface area contributed by atoms with Crippen LogP contribution in [0.2, 0.25) is 0 Å². The van der Waals surface area contributed by atoms with Crippen LogP contribution in [0.5, 0.6) is 0 Å². The lowest BCUT2D eigenvalue weighted by Gasteiger charge is -2.21. The fourth-order valence-electron chi connectivity index (χ4n) is 1.87. The van der Waals surface area contributed by atoms with E-state index in [1.165, 1.54) is 11.3 Å². The first-order chi connectivity index (χ1) is 7.10. The van der Waals surface area contributed by atoms with E-state index >= 15 is 0 Å². The van der Waals surface area contributed by atoms with Crippen molar-refractivity contribution in [2.24, 2.45) is 5.73 Å². The maximum atomic E-state index is 11.9. The molecule has 0 bridgehead atoms. The molecule has 1 aliphatic carbocycles. The zero-order chi connectivity index (χ0) is 10.9. The Kier molecular flexibility index (Phi) is 2.75. The summed E-state index contributed by atoms with van der Waals surface area (Å²) in [5.74, 6) is -0.0886. The highest BCUT2D eigenvalue weighted by atomic mass is 32.1. The number of hydrogen-bond acceptors (Lipinski definition) is 4. The molecular weight excluding hydrogens is 210 g/mol. The van der Waals surface area contributed by atoms with E-state index in [0.29, 0.717) is 5.13 Å². The minimum atomic E-state index is -0.667. The van der Waals surface area contributed by atoms with Crippen molar-refractivity contribution < 1.29 is 4.79 Å². The molecule has 1 fully saturated rings. The van der Waals surface area contributed by atoms with Gasteiger partial charge in [0.25, 0.3) is 0 Å². The lowest BCUT2D eigenvalue weighted by Crippen LogP contribution is -2.48. The quantitative estimate of drug-likeness (QED) is 0.804. The van der Waals surface area contributed by atoms with E-state index in [0.717, 1.165) is 31.4 Å². The number of amides is 1. The number of thiazole rings is 1. The molecule has 3 N–H and O–H groups in total. The van der Waals surface area contributed by atoms with Crippen LogP contribution >= 0.6 is 11.3 Å². The van der Waals surface area contributed by atoms with Gasteiger partial charge in [-0.3, -0.25) is 4.79 Å². The average molecular weight is 225 g/mol. The summed E-state index contributed by atoms with van der Waals surface area (Å²) in [7, 11) is 0. The Labute approximate surface area is 92.9 Å². The molecular formula is C10H15N3OS. The number of carbonyl (C=O) groups excluding carboxylic acids is 1. The van der Waals surface area contributed by atoms with Gasteiger partial charge in [-0.25, -0.2) is 4.98 Å². The second kappa shape index (κ2) is 3.90. The van der Waals surface area contributed by atoms with Crippen LogP contribution in [0.25, 0.3) is 0 Å². The molecule has 0 unspecified atom stereocenters. The topological polar surface area (TPSA) is 68.0 Å². The molecule has 1 aromatic heterocycles. The molecule has 1 aliphatic rings. The predicted octanol–water partition coefficient (Wildman–Crippen LogP) is 1.66. The van der Waals surface area contributed by atoms with Gasteiger partial charge in [-0.2, -0.15) is 0 Å². The van der Waals surface area contributed by atoms with Crippen molar-refractivity contribution in [2.45, 2.75) is 38.1 Å². The number of carbonyl (C=O) groups is 1. The highest BCUT2D eigenvalue weighted by Crippen LogP contribution is 2.28. The zero-order valence-corrected chi connectivity index (χ0v) is 9.56. The fourth-order valence-corrected chi connectivity index (χ4v) is 2.55. The van der Waals surface area contributed by atoms with Gasteiger partial charge >= 0.3 is 0 Å². The monoisotopic (exact) mass is 225 g/mol. The van der Waals surface area contributed by atoms with Gasteiger partial charge in [0.05, 0.1) is 11.2 Å². The Hall–Kier alpha value is -0.940. The first kappa shape index (κ1) is 10.6. The number of nitrogens with one attached hydrogen (secondary N) is 1. The summed E-state index contributed by atoms with van der Waals surface area (Å²) >= 11 is 1.44. The largest absolute Gasteiger partial charge is 0.317 e. The molecule has 5 heteroatoms. The maximum absolute atomic E-state index is 11.9. The third-order valence-electron chi connectivity index (χ3n) is 2.79. The average Bonchev–Trinajstić information content (AvgIpc) is 2.76. The van der Waals surface area contributed by atoms with E-state index in [1.54, 1.807) is 0 Å². The normalized spacial score (nSPS) is 19.1. The summed E-state index contributed by atoms with van der Waals surface area (Å²) in [5.41, 5.74) is 6.28. The summed E-state index contributed by atoms with van der Waals surface area (Å²) in [6, 6.07) is 0. The van der Waals surface area contributed by atoms with Crippen LogP contribution < -0.4 is 11.1 Å². The maximum Gasteiger partial charge on any atom is 0.246 e. The lowest BCUT2D eigenvalue weighted by molar-refractivity contribution is -0.121. The molecule has 15 heavy (non-hydrogen) atoms. The molecule has 82 valence electrons. The summed E-state index contributed by atoms with van der Waals surface area (Å²) in [6.45, 7) is 1.90. The molecule has 0 aromatic carbocycles. The number of nitrogens with two attached hydrogens (primary N) is 1. The van der Waals surface area contributed by atoms with Crippen molar-refractivity contribution in [1.29, 1.82) is 0 Å². The molecule has 1 amide bonds. The highest BCUT2D eigenvalue weighted by molar-refractivity contribution is 7.13. The van der Waals surface area contributed by atoms with Gasteiger partial charge in [0.2, 0.25) is 5.91 Å². The van der Waals surface area contributed by atoms with Crippen molar-refractivity contribution in [3.05, 3.63) is 11.1 Å². The molecule has 1 heterocycles. The number of aryl methyl sites for hydroxylation is 1. The van der Waals surface area contributed by atoms with Gasteiger partial charge in [0, 0.05) is 5.38 Å². The van der Waals surface area contributed by atoms with Gasteiger partial charge in [-0.1, -0.05) is 12.8 Å². The third kappa shape index (κ3) is 2.18. The SMILES string of the molecule is Cc1csc(NC(=O)C2(N)CCCC2)n1. The van der Waals surface area contributed by atoms with Crippen LogP contribution in [-0.2, 0) is 4.79 Å².